The fraction of sp³-hybridized carbons (Fsp3) is 0.346. The SMILES string of the molecule is COc1cc2nc(N3CCN(C(=O)/C=C/c4ccc(OC(C)C)cc4)CC3)nc(N)c2cc1OC.Cl. The maximum Gasteiger partial charge on any atom is 0.246 e. The number of aromatic nitrogens is 2. The molecule has 2 aromatic carbocycles. The Bertz CT molecular complexity index is 1230. The summed E-state index contributed by atoms with van der Waals surface area (Å²) in [5, 5.41) is 0.703. The van der Waals surface area contributed by atoms with Gasteiger partial charge in [-0.2, -0.15) is 4.98 Å². The molecule has 192 valence electrons. The fourth-order valence-electron chi connectivity index (χ4n) is 3.94. The van der Waals surface area contributed by atoms with Crippen LogP contribution in [0.4, 0.5) is 11.8 Å². The molecule has 0 spiro atoms. The summed E-state index contributed by atoms with van der Waals surface area (Å²) in [6, 6.07) is 11.3. The van der Waals surface area contributed by atoms with Gasteiger partial charge in [-0.05, 0) is 43.7 Å². The van der Waals surface area contributed by atoms with Gasteiger partial charge in [0.1, 0.15) is 11.6 Å². The summed E-state index contributed by atoms with van der Waals surface area (Å²) < 4.78 is 16.4. The molecule has 2 N–H and O–H groups in total. The molecule has 36 heavy (non-hydrogen) atoms. The lowest BCUT2D eigenvalue weighted by atomic mass is 10.2. The maximum absolute atomic E-state index is 12.7. The third-order valence-corrected chi connectivity index (χ3v) is 5.76. The molecule has 1 aliphatic rings. The standard InChI is InChI=1S/C26H31N5O4.ClH/c1-17(2)35-19-8-5-18(6-9-19)7-10-24(32)30-11-13-31(14-12-30)26-28-21-16-23(34-4)22(33-3)15-20(21)25(27)29-26;/h5-10,15-17H,11-14H2,1-4H3,(H2,27,28,29);1H/b10-7+;. The average molecular weight is 514 g/mol. The molecule has 9 nitrogen and oxygen atoms in total. The maximum atomic E-state index is 12.7. The van der Waals surface area contributed by atoms with Crippen LogP contribution in [0.5, 0.6) is 17.2 Å². The van der Waals surface area contributed by atoms with E-state index in [9.17, 15) is 4.79 Å². The topological polar surface area (TPSA) is 103 Å². The molecular weight excluding hydrogens is 482 g/mol. The number of anilines is 2. The van der Waals surface area contributed by atoms with Crippen molar-refractivity contribution in [2.75, 3.05) is 51.0 Å². The molecule has 4 rings (SSSR count). The zero-order valence-electron chi connectivity index (χ0n) is 20.9. The van der Waals surface area contributed by atoms with Gasteiger partial charge in [-0.3, -0.25) is 4.79 Å². The van der Waals surface area contributed by atoms with E-state index in [1.165, 1.54) is 0 Å². The van der Waals surface area contributed by atoms with Crippen LogP contribution in [0.1, 0.15) is 19.4 Å². The summed E-state index contributed by atoms with van der Waals surface area (Å²) in [7, 11) is 3.15. The molecule has 1 fully saturated rings. The normalized spacial score (nSPS) is 13.7. The highest BCUT2D eigenvalue weighted by molar-refractivity contribution is 5.93. The number of hydrogen-bond acceptors (Lipinski definition) is 8. The van der Waals surface area contributed by atoms with E-state index >= 15 is 0 Å². The minimum absolute atomic E-state index is 0. The Morgan fingerprint density at radius 2 is 1.64 bits per heavy atom. The van der Waals surface area contributed by atoms with Crippen molar-refractivity contribution < 1.29 is 19.0 Å². The zero-order valence-corrected chi connectivity index (χ0v) is 21.7. The lowest BCUT2D eigenvalue weighted by Crippen LogP contribution is -2.48. The number of nitrogens with zero attached hydrogens (tertiary/aromatic N) is 4. The minimum atomic E-state index is -0.0251. The van der Waals surface area contributed by atoms with Crippen LogP contribution in [0, 0.1) is 0 Å². The van der Waals surface area contributed by atoms with Crippen molar-refractivity contribution in [2.24, 2.45) is 0 Å². The molecule has 1 amide bonds. The lowest BCUT2D eigenvalue weighted by molar-refractivity contribution is -0.126. The number of nitrogen functional groups attached to an aromatic ring is 1. The van der Waals surface area contributed by atoms with Gasteiger partial charge in [0.2, 0.25) is 11.9 Å². The number of carbonyl (C=O) groups is 1. The number of benzene rings is 2. The monoisotopic (exact) mass is 513 g/mol. The quantitative estimate of drug-likeness (QED) is 0.476. The summed E-state index contributed by atoms with van der Waals surface area (Å²) >= 11 is 0. The van der Waals surface area contributed by atoms with E-state index in [4.69, 9.17) is 19.9 Å². The Morgan fingerprint density at radius 3 is 2.25 bits per heavy atom. The van der Waals surface area contributed by atoms with Gasteiger partial charge in [0.15, 0.2) is 11.5 Å². The van der Waals surface area contributed by atoms with Crippen LogP contribution >= 0.6 is 12.4 Å². The molecule has 1 aliphatic heterocycles. The predicted octanol–water partition coefficient (Wildman–Crippen LogP) is 3.80. The van der Waals surface area contributed by atoms with Crippen LogP contribution in [0.25, 0.3) is 17.0 Å². The number of rotatable bonds is 7. The van der Waals surface area contributed by atoms with Gasteiger partial charge in [-0.1, -0.05) is 12.1 Å². The van der Waals surface area contributed by atoms with Crippen LogP contribution in [0.2, 0.25) is 0 Å². The summed E-state index contributed by atoms with van der Waals surface area (Å²) in [5.74, 6) is 2.85. The summed E-state index contributed by atoms with van der Waals surface area (Å²) in [6.07, 6.45) is 3.56. The van der Waals surface area contributed by atoms with Gasteiger partial charge in [0, 0.05) is 43.7 Å². The van der Waals surface area contributed by atoms with E-state index in [2.05, 4.69) is 9.97 Å². The van der Waals surface area contributed by atoms with E-state index in [1.54, 1.807) is 32.4 Å². The Labute approximate surface area is 217 Å². The van der Waals surface area contributed by atoms with Crippen molar-refractivity contribution in [2.45, 2.75) is 20.0 Å². The molecule has 3 aromatic rings. The number of fused-ring (bicyclic) bond motifs is 1. The molecule has 0 aliphatic carbocycles. The number of carbonyl (C=O) groups excluding carboxylic acids is 1. The van der Waals surface area contributed by atoms with E-state index in [-0.39, 0.29) is 24.4 Å². The predicted molar refractivity (Wildman–Crippen MR) is 144 cm³/mol. The fourth-order valence-corrected chi connectivity index (χ4v) is 3.94. The van der Waals surface area contributed by atoms with Crippen LogP contribution in [0.3, 0.4) is 0 Å². The first-order valence-electron chi connectivity index (χ1n) is 11.6. The molecule has 0 radical (unpaired) electrons. The van der Waals surface area contributed by atoms with Gasteiger partial charge in [-0.25, -0.2) is 4.98 Å². The van der Waals surface area contributed by atoms with Crippen LogP contribution in [-0.4, -0.2) is 67.3 Å². The first-order valence-corrected chi connectivity index (χ1v) is 11.6. The number of nitrogens with two attached hydrogens (primary N) is 1. The van der Waals surface area contributed by atoms with E-state index in [0.717, 1.165) is 11.3 Å². The molecule has 1 saturated heterocycles. The first kappa shape index (κ1) is 26.9. The third kappa shape index (κ3) is 6.09. The van der Waals surface area contributed by atoms with Crippen LogP contribution < -0.4 is 24.8 Å². The molecule has 0 bridgehead atoms. The minimum Gasteiger partial charge on any atom is -0.493 e. The second-order valence-electron chi connectivity index (χ2n) is 8.51. The Kier molecular flexibility index (Phi) is 8.82. The highest BCUT2D eigenvalue weighted by atomic mass is 35.5. The van der Waals surface area contributed by atoms with E-state index in [0.29, 0.717) is 60.3 Å². The second kappa shape index (κ2) is 11.8. The van der Waals surface area contributed by atoms with Crippen molar-refractivity contribution in [3.63, 3.8) is 0 Å². The molecular formula is C26H32ClN5O4. The van der Waals surface area contributed by atoms with Crippen molar-refractivity contribution in [1.29, 1.82) is 0 Å². The van der Waals surface area contributed by atoms with Gasteiger partial charge < -0.3 is 29.7 Å². The van der Waals surface area contributed by atoms with Gasteiger partial charge in [0.25, 0.3) is 0 Å². The number of halogens is 1. The third-order valence-electron chi connectivity index (χ3n) is 5.76. The Morgan fingerprint density at radius 1 is 1.00 bits per heavy atom. The summed E-state index contributed by atoms with van der Waals surface area (Å²) in [5.41, 5.74) is 7.85. The summed E-state index contributed by atoms with van der Waals surface area (Å²) in [6.45, 7) is 6.33. The number of piperazine rings is 1. The second-order valence-corrected chi connectivity index (χ2v) is 8.51. The molecule has 1 aromatic heterocycles. The van der Waals surface area contributed by atoms with Gasteiger partial charge in [-0.15, -0.1) is 12.4 Å². The molecule has 2 heterocycles. The van der Waals surface area contributed by atoms with Gasteiger partial charge >= 0.3 is 0 Å². The van der Waals surface area contributed by atoms with Crippen molar-refractivity contribution in [3.05, 3.63) is 48.0 Å². The van der Waals surface area contributed by atoms with Gasteiger partial charge in [0.05, 0.1) is 25.8 Å². The largest absolute Gasteiger partial charge is 0.493 e. The number of hydrogen-bond donors (Lipinski definition) is 1. The molecule has 0 unspecified atom stereocenters. The number of methoxy groups -OCH3 is 2. The summed E-state index contributed by atoms with van der Waals surface area (Å²) in [4.78, 5) is 25.7. The smallest absolute Gasteiger partial charge is 0.246 e. The van der Waals surface area contributed by atoms with Crippen LogP contribution in [0.15, 0.2) is 42.5 Å². The first-order chi connectivity index (χ1) is 16.9. The molecule has 0 atom stereocenters. The van der Waals surface area contributed by atoms with Crippen molar-refractivity contribution in [3.8, 4) is 17.2 Å². The highest BCUT2D eigenvalue weighted by Gasteiger charge is 2.22. The number of amides is 1. The molecule has 0 saturated carbocycles. The number of ether oxygens (including phenoxy) is 3. The van der Waals surface area contributed by atoms with E-state index in [1.807, 2.05) is 54.0 Å². The average Bonchev–Trinajstić information content (AvgIpc) is 2.87. The Balaban J connectivity index is 0.00000361. The zero-order chi connectivity index (χ0) is 24.9. The Hall–Kier alpha value is -3.72. The lowest BCUT2D eigenvalue weighted by Gasteiger charge is -2.34. The highest BCUT2D eigenvalue weighted by Crippen LogP contribution is 2.34. The van der Waals surface area contributed by atoms with Crippen molar-refractivity contribution in [1.82, 2.24) is 14.9 Å². The van der Waals surface area contributed by atoms with Crippen molar-refractivity contribution >= 4 is 47.1 Å². The van der Waals surface area contributed by atoms with Crippen LogP contribution in [-0.2, 0) is 4.79 Å². The molecule has 10 heteroatoms. The van der Waals surface area contributed by atoms with E-state index < -0.39 is 0 Å².